The average molecular weight is 691 g/mol. The minimum Gasteiger partial charge on any atom is -0.463 e. The summed E-state index contributed by atoms with van der Waals surface area (Å²) < 4.78 is 40.4. The van der Waals surface area contributed by atoms with Gasteiger partial charge in [-0.25, -0.2) is 0 Å². The molecule has 5 amide bonds. The fraction of sp³-hybridized carbons (Fsp3) is 0.500. The van der Waals surface area contributed by atoms with E-state index in [0.717, 1.165) is 4.90 Å². The number of unbranched alkanes of at least 4 members (excludes halogenated alkanes) is 2. The molecule has 4 N–H and O–H groups in total. The van der Waals surface area contributed by atoms with Gasteiger partial charge < -0.3 is 25.4 Å². The third-order valence-electron chi connectivity index (χ3n) is 6.98. The number of hydrogen-bond donors (Lipinski definition) is 4. The van der Waals surface area contributed by atoms with Crippen molar-refractivity contribution in [2.24, 2.45) is 5.92 Å². The van der Waals surface area contributed by atoms with Crippen LogP contribution >= 0.6 is 0 Å². The number of carbonyl (C=O) groups is 6. The van der Waals surface area contributed by atoms with Crippen LogP contribution in [-0.4, -0.2) is 91.5 Å². The lowest BCUT2D eigenvalue weighted by Crippen LogP contribution is -2.53. The third kappa shape index (κ3) is 14.4. The summed E-state index contributed by atoms with van der Waals surface area (Å²) in [5.41, 5.74) is 1.31. The van der Waals surface area contributed by atoms with Crippen LogP contribution in [0.25, 0.3) is 0 Å². The number of nitrogens with one attached hydrogen (secondary N) is 3. The second kappa shape index (κ2) is 19.9. The molecule has 0 spiro atoms. The number of amides is 5. The number of anilines is 1. The number of benzene rings is 1. The fourth-order valence-electron chi connectivity index (χ4n) is 4.40. The summed E-state index contributed by atoms with van der Waals surface area (Å²) in [6, 6.07) is 2.85. The maximum Gasteiger partial charge on any atom is 0.293 e. The van der Waals surface area contributed by atoms with Gasteiger partial charge >= 0.3 is 0 Å². The van der Waals surface area contributed by atoms with E-state index in [1.165, 1.54) is 19.1 Å². The zero-order chi connectivity index (χ0) is 35.7. The van der Waals surface area contributed by atoms with Gasteiger partial charge in [0.25, 0.3) is 28.4 Å². The molecule has 48 heavy (non-hydrogen) atoms. The molecule has 0 bridgehead atoms. The van der Waals surface area contributed by atoms with Gasteiger partial charge in [0.2, 0.25) is 17.7 Å². The quantitative estimate of drug-likeness (QED) is 0.0499. The zero-order valence-corrected chi connectivity index (χ0v) is 28.0. The Morgan fingerprint density at radius 3 is 2.35 bits per heavy atom. The minimum absolute atomic E-state index is 0.0480. The van der Waals surface area contributed by atoms with Crippen LogP contribution in [-0.2, 0) is 55.0 Å². The summed E-state index contributed by atoms with van der Waals surface area (Å²) in [6.07, 6.45) is 4.33. The van der Waals surface area contributed by atoms with Gasteiger partial charge in [-0.1, -0.05) is 38.2 Å². The number of carbonyl (C=O) groups excluding carboxylic acids is 6. The minimum atomic E-state index is -4.08. The molecule has 1 aromatic carbocycles. The first-order valence-corrected chi connectivity index (χ1v) is 17.0. The highest BCUT2D eigenvalue weighted by Gasteiger charge is 2.27. The maximum absolute atomic E-state index is 13.0. The van der Waals surface area contributed by atoms with Crippen molar-refractivity contribution in [1.82, 2.24) is 15.5 Å². The molecule has 2 atom stereocenters. The first kappa shape index (κ1) is 39.6. The molecule has 1 aromatic rings. The van der Waals surface area contributed by atoms with Gasteiger partial charge in [-0.05, 0) is 44.2 Å². The van der Waals surface area contributed by atoms with Crippen molar-refractivity contribution in [2.45, 2.75) is 71.6 Å². The number of hydrogen-bond acceptors (Lipinski definition) is 10. The summed E-state index contributed by atoms with van der Waals surface area (Å²) >= 11 is 0. The van der Waals surface area contributed by atoms with Gasteiger partial charge in [-0.15, -0.1) is 0 Å². The first-order valence-electron chi connectivity index (χ1n) is 15.4. The van der Waals surface area contributed by atoms with Crippen LogP contribution in [0.1, 0.15) is 64.0 Å². The smallest absolute Gasteiger partial charge is 0.293 e. The predicted molar refractivity (Wildman–Crippen MR) is 173 cm³/mol. The Labute approximate surface area is 279 Å². The Balaban J connectivity index is 1.89. The molecular formula is C32H42N4O11S. The van der Waals surface area contributed by atoms with Crippen molar-refractivity contribution in [3.63, 3.8) is 0 Å². The average Bonchev–Trinajstić information content (AvgIpc) is 3.34. The molecule has 16 heteroatoms. The normalized spacial score (nSPS) is 13.8. The Morgan fingerprint density at radius 2 is 1.71 bits per heavy atom. The monoisotopic (exact) mass is 690 g/mol. The highest BCUT2D eigenvalue weighted by Crippen LogP contribution is 2.17. The van der Waals surface area contributed by atoms with E-state index < -0.39 is 39.8 Å². The number of nitrogens with zero attached hydrogens (tertiary/aromatic N) is 1. The van der Waals surface area contributed by atoms with Gasteiger partial charge in [0.05, 0.1) is 5.75 Å². The Hall–Kier alpha value is -4.59. The molecule has 1 aliphatic heterocycles. The highest BCUT2D eigenvalue weighted by atomic mass is 32.2. The number of rotatable bonds is 20. The molecule has 0 unspecified atom stereocenters. The van der Waals surface area contributed by atoms with Gasteiger partial charge in [-0.2, -0.15) is 8.42 Å². The molecule has 0 aliphatic carbocycles. The van der Waals surface area contributed by atoms with Crippen LogP contribution in [0, 0.1) is 17.8 Å². The van der Waals surface area contributed by atoms with E-state index >= 15 is 0 Å². The lowest BCUT2D eigenvalue weighted by molar-refractivity contribution is -0.137. The van der Waals surface area contributed by atoms with E-state index in [9.17, 15) is 37.2 Å². The molecule has 2 rings (SSSR count). The van der Waals surface area contributed by atoms with Crippen molar-refractivity contribution in [3.8, 4) is 11.8 Å². The van der Waals surface area contributed by atoms with E-state index in [1.54, 1.807) is 32.0 Å². The number of imide groups is 1. The lowest BCUT2D eigenvalue weighted by Gasteiger charge is -2.24. The second-order valence-corrected chi connectivity index (χ2v) is 12.8. The van der Waals surface area contributed by atoms with E-state index in [0.29, 0.717) is 36.1 Å². The van der Waals surface area contributed by atoms with Crippen molar-refractivity contribution in [2.75, 3.05) is 30.8 Å². The van der Waals surface area contributed by atoms with Crippen molar-refractivity contribution in [1.29, 1.82) is 0 Å². The summed E-state index contributed by atoms with van der Waals surface area (Å²) in [5.74, 6) is 2.78. The van der Waals surface area contributed by atoms with Crippen LogP contribution in [0.3, 0.4) is 0 Å². The molecule has 0 aromatic heterocycles. The van der Waals surface area contributed by atoms with Crippen LogP contribution in [0.5, 0.6) is 0 Å². The van der Waals surface area contributed by atoms with Crippen LogP contribution in [0.2, 0.25) is 0 Å². The maximum atomic E-state index is 13.0. The van der Waals surface area contributed by atoms with Crippen LogP contribution < -0.4 is 16.0 Å². The van der Waals surface area contributed by atoms with Gasteiger partial charge in [0.15, 0.2) is 0 Å². The van der Waals surface area contributed by atoms with Crippen LogP contribution in [0.4, 0.5) is 5.69 Å². The second-order valence-electron chi connectivity index (χ2n) is 11.3. The molecule has 0 fully saturated rings. The molecule has 0 saturated carbocycles. The van der Waals surface area contributed by atoms with Crippen molar-refractivity contribution < 1.29 is 51.2 Å². The first-order chi connectivity index (χ1) is 22.7. The largest absolute Gasteiger partial charge is 0.463 e. The Morgan fingerprint density at radius 1 is 1.00 bits per heavy atom. The van der Waals surface area contributed by atoms with E-state index in [2.05, 4.69) is 27.8 Å². The molecular weight excluding hydrogens is 648 g/mol. The zero-order valence-electron chi connectivity index (χ0n) is 27.2. The van der Waals surface area contributed by atoms with Crippen molar-refractivity contribution >= 4 is 51.8 Å². The van der Waals surface area contributed by atoms with Gasteiger partial charge in [0, 0.05) is 48.5 Å². The predicted octanol–water partition coefficient (Wildman–Crippen LogP) is 1.08. The molecule has 15 nitrogen and oxygen atoms in total. The van der Waals surface area contributed by atoms with Gasteiger partial charge in [0.1, 0.15) is 25.3 Å². The van der Waals surface area contributed by atoms with Gasteiger partial charge in [-0.3, -0.25) is 38.2 Å². The summed E-state index contributed by atoms with van der Waals surface area (Å²) in [7, 11) is -4.08. The van der Waals surface area contributed by atoms with Crippen LogP contribution in [0.15, 0.2) is 30.4 Å². The lowest BCUT2D eigenvalue weighted by atomic mass is 10.0. The Kier molecular flexibility index (Phi) is 16.4. The molecule has 0 saturated heterocycles. The van der Waals surface area contributed by atoms with E-state index in [4.69, 9.17) is 14.0 Å². The molecule has 1 heterocycles. The van der Waals surface area contributed by atoms with E-state index in [-0.39, 0.29) is 69.3 Å². The molecule has 262 valence electrons. The summed E-state index contributed by atoms with van der Waals surface area (Å²) in [4.78, 5) is 73.6. The highest BCUT2D eigenvalue weighted by molar-refractivity contribution is 7.85. The van der Waals surface area contributed by atoms with E-state index in [1.807, 2.05) is 0 Å². The topological polar surface area (TPSA) is 215 Å². The third-order valence-corrected chi connectivity index (χ3v) is 7.78. The number of ether oxygens (including phenoxy) is 2. The molecule has 0 radical (unpaired) electrons. The summed E-state index contributed by atoms with van der Waals surface area (Å²) in [6.45, 7) is 5.50. The molecule has 1 aliphatic rings. The standard InChI is InChI=1S/C32H42N4O11S/c1-22(2)30(35-27(38)10-5-4-6-15-36-28(39)13-14-29(36)40)32(42)33-23(3)31(41)34-26-12-11-25(20-47-21-37)24(19-26)9-7-16-46-17-8-18-48(43,44)45/h11-14,19,21-23,30H,4-6,8,10,15-18,20H2,1-3H3,(H,33,42)(H,34,41)(H,35,38)(H,43,44,45)/t23-,30-/m0/s1. The fourth-order valence-corrected chi connectivity index (χ4v) is 4.88. The van der Waals surface area contributed by atoms with Crippen molar-refractivity contribution in [3.05, 3.63) is 41.5 Å². The summed E-state index contributed by atoms with van der Waals surface area (Å²) in [5, 5.41) is 8.04. The SMILES string of the molecule is CC(C)[C@H](NC(=O)CCCCCN1C(=O)C=CC1=O)C(=O)N[C@@H](C)C(=O)Nc1ccc(COC=O)c(C#CCOCCCS(=O)(=O)O)c1. The Bertz CT molecular complexity index is 1510.